The average molecular weight is 273 g/mol. The van der Waals surface area contributed by atoms with Crippen LogP contribution in [0, 0.1) is 24.7 Å². The lowest BCUT2D eigenvalue weighted by atomic mass is 9.53. The van der Waals surface area contributed by atoms with Crippen LogP contribution in [-0.2, 0) is 0 Å². The van der Waals surface area contributed by atoms with Crippen molar-refractivity contribution in [2.45, 2.75) is 51.0 Å². The lowest BCUT2D eigenvalue weighted by molar-refractivity contribution is 0.0105. The van der Waals surface area contributed by atoms with Gasteiger partial charge >= 0.3 is 0 Å². The Morgan fingerprint density at radius 1 is 1.10 bits per heavy atom. The number of nitrogens with one attached hydrogen (secondary N) is 2. The highest BCUT2D eigenvalue weighted by Gasteiger charge is 2.51. The van der Waals surface area contributed by atoms with Gasteiger partial charge in [0, 0.05) is 17.3 Å². The summed E-state index contributed by atoms with van der Waals surface area (Å²) in [4.78, 5) is 8.73. The van der Waals surface area contributed by atoms with Gasteiger partial charge in [-0.1, -0.05) is 0 Å². The highest BCUT2D eigenvalue weighted by molar-refractivity contribution is 5.44. The maximum Gasteiger partial charge on any atom is 0.239 e. The molecule has 4 saturated carbocycles. The van der Waals surface area contributed by atoms with Crippen LogP contribution < -0.4 is 16.6 Å². The Kier molecular flexibility index (Phi) is 2.67. The molecule has 5 nitrogen and oxygen atoms in total. The van der Waals surface area contributed by atoms with Crippen LogP contribution in [0.1, 0.15) is 44.2 Å². The molecule has 0 spiro atoms. The summed E-state index contributed by atoms with van der Waals surface area (Å²) < 4.78 is 0. The highest BCUT2D eigenvalue weighted by Crippen LogP contribution is 2.56. The number of anilines is 2. The first-order chi connectivity index (χ1) is 9.64. The molecule has 108 valence electrons. The van der Waals surface area contributed by atoms with Gasteiger partial charge in [-0.05, 0) is 63.2 Å². The molecular formula is C15H23N5. The zero-order chi connectivity index (χ0) is 13.7. The molecular weight excluding hydrogens is 250 g/mol. The number of nitrogens with two attached hydrogens (primary N) is 1. The van der Waals surface area contributed by atoms with Crippen molar-refractivity contribution < 1.29 is 0 Å². The average Bonchev–Trinajstić information content (AvgIpc) is 2.35. The molecule has 0 unspecified atom stereocenters. The van der Waals surface area contributed by atoms with E-state index >= 15 is 0 Å². The third-order valence-corrected chi connectivity index (χ3v) is 5.41. The number of aryl methyl sites for hydroxylation is 1. The van der Waals surface area contributed by atoms with Gasteiger partial charge in [0.15, 0.2) is 0 Å². The maximum atomic E-state index is 5.45. The molecule has 0 aromatic carbocycles. The van der Waals surface area contributed by atoms with Crippen molar-refractivity contribution in [1.82, 2.24) is 9.97 Å². The van der Waals surface area contributed by atoms with E-state index in [9.17, 15) is 0 Å². The summed E-state index contributed by atoms with van der Waals surface area (Å²) in [7, 11) is 0. The zero-order valence-electron chi connectivity index (χ0n) is 12.0. The molecule has 4 fully saturated rings. The van der Waals surface area contributed by atoms with E-state index in [0.29, 0.717) is 5.95 Å². The summed E-state index contributed by atoms with van der Waals surface area (Å²) in [6.45, 7) is 1.98. The largest absolute Gasteiger partial charge is 0.364 e. The summed E-state index contributed by atoms with van der Waals surface area (Å²) in [5.41, 5.74) is 3.78. The monoisotopic (exact) mass is 273 g/mol. The van der Waals surface area contributed by atoms with Crippen molar-refractivity contribution in [3.05, 3.63) is 11.8 Å². The van der Waals surface area contributed by atoms with E-state index < -0.39 is 0 Å². The fourth-order valence-corrected chi connectivity index (χ4v) is 5.23. The first kappa shape index (κ1) is 12.4. The first-order valence-corrected chi connectivity index (χ1v) is 7.75. The number of hydrogen-bond donors (Lipinski definition) is 3. The molecule has 1 heterocycles. The van der Waals surface area contributed by atoms with E-state index in [-0.39, 0.29) is 5.54 Å². The van der Waals surface area contributed by atoms with E-state index in [1.807, 2.05) is 13.0 Å². The Labute approximate surface area is 119 Å². The van der Waals surface area contributed by atoms with Crippen LogP contribution in [0.4, 0.5) is 11.8 Å². The SMILES string of the molecule is Cc1cc(NC23CC4CC(CC(C4)C2)C3)nc(NN)n1. The predicted octanol–water partition coefficient (Wildman–Crippen LogP) is 2.45. The van der Waals surface area contributed by atoms with Crippen molar-refractivity contribution in [2.24, 2.45) is 23.6 Å². The second kappa shape index (κ2) is 4.32. The lowest BCUT2D eigenvalue weighted by Crippen LogP contribution is -2.54. The van der Waals surface area contributed by atoms with Crippen molar-refractivity contribution in [3.63, 3.8) is 0 Å². The van der Waals surface area contributed by atoms with Crippen LogP contribution in [0.5, 0.6) is 0 Å². The molecule has 5 heteroatoms. The molecule has 4 N–H and O–H groups in total. The van der Waals surface area contributed by atoms with Gasteiger partial charge in [-0.2, -0.15) is 4.98 Å². The summed E-state index contributed by atoms with van der Waals surface area (Å²) in [6, 6.07) is 2.03. The van der Waals surface area contributed by atoms with E-state index in [2.05, 4.69) is 20.7 Å². The van der Waals surface area contributed by atoms with Crippen molar-refractivity contribution in [2.75, 3.05) is 10.7 Å². The van der Waals surface area contributed by atoms with Crippen LogP contribution in [-0.4, -0.2) is 15.5 Å². The van der Waals surface area contributed by atoms with Gasteiger partial charge in [-0.3, -0.25) is 5.43 Å². The number of nitrogen functional groups attached to an aromatic ring is 1. The number of hydrogen-bond acceptors (Lipinski definition) is 5. The Bertz CT molecular complexity index is 492. The van der Waals surface area contributed by atoms with Crippen molar-refractivity contribution in [1.29, 1.82) is 0 Å². The second-order valence-corrected chi connectivity index (χ2v) is 7.19. The van der Waals surface area contributed by atoms with Crippen molar-refractivity contribution >= 4 is 11.8 Å². The molecule has 0 amide bonds. The minimum atomic E-state index is 0.279. The normalized spacial score (nSPS) is 38.0. The van der Waals surface area contributed by atoms with Gasteiger partial charge in [-0.15, -0.1) is 0 Å². The smallest absolute Gasteiger partial charge is 0.239 e. The third kappa shape index (κ3) is 2.04. The Hall–Kier alpha value is -1.36. The Morgan fingerprint density at radius 3 is 2.25 bits per heavy atom. The maximum absolute atomic E-state index is 5.45. The van der Waals surface area contributed by atoms with E-state index in [4.69, 9.17) is 5.84 Å². The number of hydrazine groups is 1. The van der Waals surface area contributed by atoms with E-state index in [1.54, 1.807) is 0 Å². The Morgan fingerprint density at radius 2 is 1.70 bits per heavy atom. The molecule has 20 heavy (non-hydrogen) atoms. The highest BCUT2D eigenvalue weighted by atomic mass is 15.3. The van der Waals surface area contributed by atoms with Crippen LogP contribution in [0.15, 0.2) is 6.07 Å². The number of nitrogens with zero attached hydrogens (tertiary/aromatic N) is 2. The summed E-state index contributed by atoms with van der Waals surface area (Å²) >= 11 is 0. The number of aromatic nitrogens is 2. The third-order valence-electron chi connectivity index (χ3n) is 5.41. The van der Waals surface area contributed by atoms with Crippen molar-refractivity contribution in [3.8, 4) is 0 Å². The quantitative estimate of drug-likeness (QED) is 0.582. The number of rotatable bonds is 3. The van der Waals surface area contributed by atoms with Gasteiger partial charge in [0.1, 0.15) is 5.82 Å². The van der Waals surface area contributed by atoms with Crippen LogP contribution in [0.2, 0.25) is 0 Å². The van der Waals surface area contributed by atoms with E-state index in [0.717, 1.165) is 29.3 Å². The Balaban J connectivity index is 1.61. The fraction of sp³-hybridized carbons (Fsp3) is 0.733. The molecule has 0 atom stereocenters. The van der Waals surface area contributed by atoms with Crippen LogP contribution in [0.25, 0.3) is 0 Å². The first-order valence-electron chi connectivity index (χ1n) is 7.75. The fourth-order valence-electron chi connectivity index (χ4n) is 5.23. The summed E-state index contributed by atoms with van der Waals surface area (Å²) in [6.07, 6.45) is 8.31. The van der Waals surface area contributed by atoms with E-state index in [1.165, 1.54) is 38.5 Å². The molecule has 0 saturated heterocycles. The minimum absolute atomic E-state index is 0.279. The molecule has 0 radical (unpaired) electrons. The molecule has 4 aliphatic rings. The van der Waals surface area contributed by atoms with Gasteiger partial charge in [0.2, 0.25) is 5.95 Å². The minimum Gasteiger partial charge on any atom is -0.364 e. The van der Waals surface area contributed by atoms with Crippen LogP contribution in [0.3, 0.4) is 0 Å². The summed E-state index contributed by atoms with van der Waals surface area (Å²) in [5, 5.41) is 3.76. The topological polar surface area (TPSA) is 75.9 Å². The molecule has 5 rings (SSSR count). The van der Waals surface area contributed by atoms with Gasteiger partial charge in [0.05, 0.1) is 0 Å². The molecule has 0 aliphatic heterocycles. The molecule has 1 aromatic heterocycles. The standard InChI is InChI=1S/C15H23N5/c1-9-2-13(18-14(17-9)20-16)19-15-6-10-3-11(7-15)5-12(4-10)8-15/h2,10-12H,3-8,16H2,1H3,(H2,17,18,19,20). The molecule has 1 aromatic rings. The lowest BCUT2D eigenvalue weighted by Gasteiger charge is -2.57. The van der Waals surface area contributed by atoms with Gasteiger partial charge < -0.3 is 5.32 Å². The van der Waals surface area contributed by atoms with Gasteiger partial charge in [0.25, 0.3) is 0 Å². The molecule has 4 bridgehead atoms. The molecule has 4 aliphatic carbocycles. The predicted molar refractivity (Wildman–Crippen MR) is 79.1 cm³/mol. The zero-order valence-corrected chi connectivity index (χ0v) is 12.0. The van der Waals surface area contributed by atoms with Gasteiger partial charge in [-0.25, -0.2) is 10.8 Å². The second-order valence-electron chi connectivity index (χ2n) is 7.19. The summed E-state index contributed by atoms with van der Waals surface area (Å²) in [5.74, 6) is 9.67. The van der Waals surface area contributed by atoms with Crippen LogP contribution >= 0.6 is 0 Å².